The quantitative estimate of drug-likeness (QED) is 0.627. The molecule has 0 unspecified atom stereocenters. The summed E-state index contributed by atoms with van der Waals surface area (Å²) in [6.07, 6.45) is 3.23. The van der Waals surface area contributed by atoms with Gasteiger partial charge >= 0.3 is 0 Å². The van der Waals surface area contributed by atoms with Gasteiger partial charge in [0.25, 0.3) is 5.91 Å². The third kappa shape index (κ3) is 4.88. The maximum Gasteiger partial charge on any atom is 0.270 e. The third-order valence-corrected chi connectivity index (χ3v) is 4.28. The molecule has 2 N–H and O–H groups in total. The first kappa shape index (κ1) is 18.5. The zero-order valence-corrected chi connectivity index (χ0v) is 15.6. The molecule has 0 fully saturated rings. The normalized spacial score (nSPS) is 10.4. The molecule has 0 atom stereocenters. The summed E-state index contributed by atoms with van der Waals surface area (Å²) in [4.78, 5) is 18.7. The van der Waals surface area contributed by atoms with Crippen LogP contribution in [0.1, 0.15) is 30.1 Å². The minimum absolute atomic E-state index is 0.235. The average Bonchev–Trinajstić information content (AvgIpc) is 3.22. The largest absolute Gasteiger partial charge is 0.467 e. The molecule has 0 saturated heterocycles. The Morgan fingerprint density at radius 2 is 1.78 bits per heavy atom. The molecule has 140 valence electrons. The minimum Gasteiger partial charge on any atom is -0.467 e. The van der Waals surface area contributed by atoms with Crippen LogP contribution in [0, 0.1) is 0 Å². The second-order valence-corrected chi connectivity index (χ2v) is 6.04. The van der Waals surface area contributed by atoms with Gasteiger partial charge in [0.05, 0.1) is 24.7 Å². The lowest BCUT2D eigenvalue weighted by atomic mass is 10.2. The van der Waals surface area contributed by atoms with Gasteiger partial charge in [0.1, 0.15) is 11.5 Å². The Labute approximate surface area is 159 Å². The van der Waals surface area contributed by atoms with E-state index in [1.54, 1.807) is 24.6 Å². The third-order valence-electron chi connectivity index (χ3n) is 4.28. The van der Waals surface area contributed by atoms with E-state index in [-0.39, 0.29) is 5.91 Å². The Bertz CT molecular complexity index is 839. The molecule has 3 aromatic rings. The van der Waals surface area contributed by atoms with E-state index in [2.05, 4.69) is 46.5 Å². The summed E-state index contributed by atoms with van der Waals surface area (Å²) in [5.74, 6) is 0.469. The van der Waals surface area contributed by atoms with Gasteiger partial charge in [0.2, 0.25) is 0 Å². The number of rotatable bonds is 8. The van der Waals surface area contributed by atoms with Crippen LogP contribution in [0.25, 0.3) is 0 Å². The molecule has 0 spiro atoms. The summed E-state index contributed by atoms with van der Waals surface area (Å²) >= 11 is 0. The number of anilines is 3. The lowest BCUT2D eigenvalue weighted by molar-refractivity contribution is 0.0943. The Morgan fingerprint density at radius 3 is 2.37 bits per heavy atom. The molecule has 3 rings (SSSR count). The van der Waals surface area contributed by atoms with E-state index >= 15 is 0 Å². The molecule has 0 aliphatic rings. The van der Waals surface area contributed by atoms with Gasteiger partial charge in [-0.2, -0.15) is 0 Å². The molecule has 6 nitrogen and oxygen atoms in total. The Balaban J connectivity index is 1.57. The number of hydrogen-bond donors (Lipinski definition) is 2. The van der Waals surface area contributed by atoms with Crippen molar-refractivity contribution in [1.82, 2.24) is 10.3 Å². The second-order valence-electron chi connectivity index (χ2n) is 6.04. The fourth-order valence-corrected chi connectivity index (χ4v) is 2.78. The number of aromatic nitrogens is 1. The van der Waals surface area contributed by atoms with Crippen LogP contribution in [0.3, 0.4) is 0 Å². The number of nitrogens with one attached hydrogen (secondary N) is 2. The average molecular weight is 364 g/mol. The first-order valence-electron chi connectivity index (χ1n) is 9.08. The van der Waals surface area contributed by atoms with E-state index in [1.165, 1.54) is 5.69 Å². The molecule has 0 aliphatic heterocycles. The van der Waals surface area contributed by atoms with Crippen molar-refractivity contribution in [2.24, 2.45) is 0 Å². The highest BCUT2D eigenvalue weighted by molar-refractivity contribution is 5.92. The van der Waals surface area contributed by atoms with E-state index in [1.807, 2.05) is 24.3 Å². The molecule has 0 saturated carbocycles. The number of amides is 1. The molecule has 6 heteroatoms. The summed E-state index contributed by atoms with van der Waals surface area (Å²) in [6.45, 7) is 6.60. The summed E-state index contributed by atoms with van der Waals surface area (Å²) in [5.41, 5.74) is 3.37. The van der Waals surface area contributed by atoms with Gasteiger partial charge in [-0.1, -0.05) is 0 Å². The van der Waals surface area contributed by atoms with Crippen LogP contribution in [-0.4, -0.2) is 24.0 Å². The molecule has 27 heavy (non-hydrogen) atoms. The van der Waals surface area contributed by atoms with E-state index < -0.39 is 0 Å². The Morgan fingerprint density at radius 1 is 1.04 bits per heavy atom. The topological polar surface area (TPSA) is 70.4 Å². The summed E-state index contributed by atoms with van der Waals surface area (Å²) < 4.78 is 5.19. The zero-order chi connectivity index (χ0) is 19.1. The number of carbonyl (C=O) groups excluding carboxylic acids is 1. The molecule has 0 bridgehead atoms. The van der Waals surface area contributed by atoms with E-state index in [0.717, 1.165) is 24.5 Å². The molecule has 1 amide bonds. The van der Waals surface area contributed by atoms with Gasteiger partial charge in [-0.15, -0.1) is 0 Å². The van der Waals surface area contributed by atoms with Gasteiger partial charge in [-0.05, 0) is 62.4 Å². The monoisotopic (exact) mass is 364 g/mol. The molecular weight excluding hydrogens is 340 g/mol. The van der Waals surface area contributed by atoms with Crippen LogP contribution in [0.15, 0.2) is 65.4 Å². The van der Waals surface area contributed by atoms with Crippen LogP contribution in [0.5, 0.6) is 0 Å². The number of benzene rings is 1. The predicted octanol–water partition coefficient (Wildman–Crippen LogP) is 4.19. The van der Waals surface area contributed by atoms with Crippen molar-refractivity contribution in [2.45, 2.75) is 20.4 Å². The SMILES string of the molecule is CCN(CC)c1ccc(Nc2ccc(C(=O)NCc3ccco3)nc2)cc1. The summed E-state index contributed by atoms with van der Waals surface area (Å²) in [6, 6.07) is 15.4. The number of furan rings is 1. The van der Waals surface area contributed by atoms with Crippen molar-refractivity contribution in [2.75, 3.05) is 23.3 Å². The second kappa shape index (κ2) is 8.89. The van der Waals surface area contributed by atoms with E-state index in [4.69, 9.17) is 4.42 Å². The maximum absolute atomic E-state index is 12.1. The molecule has 2 heterocycles. The smallest absolute Gasteiger partial charge is 0.270 e. The molecule has 0 radical (unpaired) electrons. The highest BCUT2D eigenvalue weighted by atomic mass is 16.3. The fourth-order valence-electron chi connectivity index (χ4n) is 2.78. The van der Waals surface area contributed by atoms with Crippen molar-refractivity contribution < 1.29 is 9.21 Å². The Hall–Kier alpha value is -3.28. The van der Waals surface area contributed by atoms with Crippen LogP contribution in [0.2, 0.25) is 0 Å². The molecular formula is C21H24N4O2. The summed E-state index contributed by atoms with van der Waals surface area (Å²) in [5, 5.41) is 6.08. The number of carbonyl (C=O) groups is 1. The first-order chi connectivity index (χ1) is 13.2. The number of hydrogen-bond acceptors (Lipinski definition) is 5. The van der Waals surface area contributed by atoms with Gasteiger partial charge in [0.15, 0.2) is 0 Å². The molecule has 2 aromatic heterocycles. The van der Waals surface area contributed by atoms with Gasteiger partial charge in [-0.3, -0.25) is 4.79 Å². The minimum atomic E-state index is -0.235. The van der Waals surface area contributed by atoms with E-state index in [9.17, 15) is 4.79 Å². The number of nitrogens with zero attached hydrogens (tertiary/aromatic N) is 2. The lowest BCUT2D eigenvalue weighted by Gasteiger charge is -2.21. The predicted molar refractivity (Wildman–Crippen MR) is 107 cm³/mol. The van der Waals surface area contributed by atoms with Crippen LogP contribution in [-0.2, 0) is 6.54 Å². The van der Waals surface area contributed by atoms with Gasteiger partial charge in [-0.25, -0.2) is 4.98 Å². The van der Waals surface area contributed by atoms with Gasteiger partial charge in [0, 0.05) is 24.5 Å². The Kier molecular flexibility index (Phi) is 6.10. The highest BCUT2D eigenvalue weighted by Crippen LogP contribution is 2.21. The van der Waals surface area contributed by atoms with Crippen molar-refractivity contribution in [3.05, 3.63) is 72.4 Å². The summed E-state index contributed by atoms with van der Waals surface area (Å²) in [7, 11) is 0. The van der Waals surface area contributed by atoms with Gasteiger partial charge < -0.3 is 20.0 Å². The van der Waals surface area contributed by atoms with Crippen molar-refractivity contribution in [3.8, 4) is 0 Å². The van der Waals surface area contributed by atoms with Crippen molar-refractivity contribution in [3.63, 3.8) is 0 Å². The lowest BCUT2D eigenvalue weighted by Crippen LogP contribution is -2.23. The molecule has 0 aliphatic carbocycles. The highest BCUT2D eigenvalue weighted by Gasteiger charge is 2.08. The van der Waals surface area contributed by atoms with Crippen LogP contribution < -0.4 is 15.5 Å². The van der Waals surface area contributed by atoms with Crippen LogP contribution >= 0.6 is 0 Å². The fraction of sp³-hybridized carbons (Fsp3) is 0.238. The molecule has 1 aromatic carbocycles. The zero-order valence-electron chi connectivity index (χ0n) is 15.6. The van der Waals surface area contributed by atoms with Crippen molar-refractivity contribution in [1.29, 1.82) is 0 Å². The maximum atomic E-state index is 12.1. The standard InChI is InChI=1S/C21H24N4O2/c1-3-25(4-2)18-10-7-16(8-11-18)24-17-9-12-20(22-14-17)21(26)23-15-19-6-5-13-27-19/h5-14,24H,3-4,15H2,1-2H3,(H,23,26). The van der Waals surface area contributed by atoms with Crippen molar-refractivity contribution >= 4 is 23.0 Å². The van der Waals surface area contributed by atoms with Crippen LogP contribution in [0.4, 0.5) is 17.1 Å². The first-order valence-corrected chi connectivity index (χ1v) is 9.08. The number of pyridine rings is 1. The van der Waals surface area contributed by atoms with E-state index in [0.29, 0.717) is 18.0 Å².